The Labute approximate surface area is 67.8 Å². The molecule has 0 aromatic heterocycles. The van der Waals surface area contributed by atoms with Crippen molar-refractivity contribution in [3.63, 3.8) is 0 Å². The van der Waals surface area contributed by atoms with Gasteiger partial charge < -0.3 is 19.2 Å². The Morgan fingerprint density at radius 2 is 2.27 bits per heavy atom. The smallest absolute Gasteiger partial charge is 0.327 e. The fourth-order valence-electron chi connectivity index (χ4n) is 1.34. The Hall–Kier alpha value is 0.270. The van der Waals surface area contributed by atoms with E-state index >= 15 is 0 Å². The van der Waals surface area contributed by atoms with E-state index in [2.05, 4.69) is 4.90 Å². The molecule has 5 heteroatoms. The Balaban J connectivity index is 2.23. The van der Waals surface area contributed by atoms with Gasteiger partial charge in [0.15, 0.2) is 0 Å². The molecule has 66 valence electrons. The van der Waals surface area contributed by atoms with Crippen molar-refractivity contribution < 1.29 is 14.3 Å². The lowest BCUT2D eigenvalue weighted by Gasteiger charge is -2.29. The van der Waals surface area contributed by atoms with Gasteiger partial charge >= 0.3 is 8.60 Å². The molecule has 1 unspecified atom stereocenters. The van der Waals surface area contributed by atoms with Crippen LogP contribution in [0.1, 0.15) is 12.8 Å². The molecule has 0 bridgehead atoms. The summed E-state index contributed by atoms with van der Waals surface area (Å²) in [7, 11) is -0.163. The van der Waals surface area contributed by atoms with Crippen LogP contribution in [-0.4, -0.2) is 40.9 Å². The SMILES string of the molecule is CN1CCCC(OP(O)O)C1. The predicted molar refractivity (Wildman–Crippen MR) is 43.0 cm³/mol. The quantitative estimate of drug-likeness (QED) is 0.599. The zero-order valence-corrected chi connectivity index (χ0v) is 7.50. The summed E-state index contributed by atoms with van der Waals surface area (Å²) >= 11 is 0. The van der Waals surface area contributed by atoms with Crippen LogP contribution >= 0.6 is 8.60 Å². The van der Waals surface area contributed by atoms with Gasteiger partial charge in [0, 0.05) is 6.54 Å². The molecule has 0 saturated carbocycles. The van der Waals surface area contributed by atoms with Crippen LogP contribution in [0.4, 0.5) is 0 Å². The second-order valence-corrected chi connectivity index (χ2v) is 3.60. The molecule has 1 aliphatic rings. The molecular weight excluding hydrogens is 165 g/mol. The van der Waals surface area contributed by atoms with Crippen molar-refractivity contribution in [2.24, 2.45) is 0 Å². The summed E-state index contributed by atoms with van der Waals surface area (Å²) in [4.78, 5) is 19.3. The van der Waals surface area contributed by atoms with Crippen LogP contribution in [0.25, 0.3) is 0 Å². The first-order valence-corrected chi connectivity index (χ1v) is 4.88. The van der Waals surface area contributed by atoms with Crippen LogP contribution < -0.4 is 0 Å². The largest absolute Gasteiger partial charge is 0.328 e. The molecular formula is C6H14NO3P. The summed E-state index contributed by atoms with van der Waals surface area (Å²) in [6.07, 6.45) is 2.02. The molecule has 0 aliphatic carbocycles. The Morgan fingerprint density at radius 3 is 2.82 bits per heavy atom. The van der Waals surface area contributed by atoms with Crippen LogP contribution in [0.15, 0.2) is 0 Å². The van der Waals surface area contributed by atoms with Crippen molar-refractivity contribution >= 4 is 8.60 Å². The topological polar surface area (TPSA) is 52.9 Å². The third-order valence-corrected chi connectivity index (χ3v) is 2.31. The number of likely N-dealkylation sites (tertiary alicyclic amines) is 1. The highest BCUT2D eigenvalue weighted by Gasteiger charge is 2.19. The first-order valence-electron chi connectivity index (χ1n) is 3.71. The average Bonchev–Trinajstić information content (AvgIpc) is 1.85. The van der Waals surface area contributed by atoms with Gasteiger partial charge in [0.25, 0.3) is 0 Å². The normalized spacial score (nSPS) is 27.8. The van der Waals surface area contributed by atoms with E-state index in [9.17, 15) is 0 Å². The molecule has 11 heavy (non-hydrogen) atoms. The highest BCUT2D eigenvalue weighted by atomic mass is 31.2. The van der Waals surface area contributed by atoms with Crippen molar-refractivity contribution in [3.05, 3.63) is 0 Å². The fraction of sp³-hybridized carbons (Fsp3) is 1.00. The average molecular weight is 179 g/mol. The van der Waals surface area contributed by atoms with E-state index < -0.39 is 8.60 Å². The van der Waals surface area contributed by atoms with Gasteiger partial charge in [0.1, 0.15) is 0 Å². The van der Waals surface area contributed by atoms with Crippen LogP contribution in [0.2, 0.25) is 0 Å². The molecule has 0 spiro atoms. The first kappa shape index (κ1) is 9.36. The van der Waals surface area contributed by atoms with E-state index in [0.717, 1.165) is 25.9 Å². The van der Waals surface area contributed by atoms with E-state index in [-0.39, 0.29) is 6.10 Å². The van der Waals surface area contributed by atoms with Gasteiger partial charge in [0.05, 0.1) is 6.10 Å². The predicted octanol–water partition coefficient (Wildman–Crippen LogP) is 0.309. The number of hydrogen-bond donors (Lipinski definition) is 2. The second-order valence-electron chi connectivity index (χ2n) is 2.88. The minimum absolute atomic E-state index is 0.00913. The van der Waals surface area contributed by atoms with E-state index in [4.69, 9.17) is 14.3 Å². The summed E-state index contributed by atoms with van der Waals surface area (Å²) < 4.78 is 4.90. The van der Waals surface area contributed by atoms with Crippen LogP contribution in [0.5, 0.6) is 0 Å². The van der Waals surface area contributed by atoms with Crippen molar-refractivity contribution in [2.45, 2.75) is 18.9 Å². The van der Waals surface area contributed by atoms with Gasteiger partial charge in [-0.1, -0.05) is 0 Å². The van der Waals surface area contributed by atoms with Crippen LogP contribution in [-0.2, 0) is 4.52 Å². The summed E-state index contributed by atoms with van der Waals surface area (Å²) in [5, 5.41) is 0. The summed E-state index contributed by atoms with van der Waals surface area (Å²) in [5.41, 5.74) is 0. The molecule has 0 amide bonds. The van der Waals surface area contributed by atoms with Crippen molar-refractivity contribution in [1.82, 2.24) is 4.90 Å². The zero-order chi connectivity index (χ0) is 8.27. The van der Waals surface area contributed by atoms with Gasteiger partial charge in [0.2, 0.25) is 0 Å². The maximum atomic E-state index is 8.57. The second kappa shape index (κ2) is 4.33. The third-order valence-electron chi connectivity index (χ3n) is 1.82. The minimum atomic E-state index is -2.17. The molecule has 1 rings (SSSR count). The Kier molecular flexibility index (Phi) is 3.69. The molecule has 2 N–H and O–H groups in total. The monoisotopic (exact) mass is 179 g/mol. The van der Waals surface area contributed by atoms with Crippen molar-refractivity contribution in [2.75, 3.05) is 20.1 Å². The van der Waals surface area contributed by atoms with Crippen LogP contribution in [0, 0.1) is 0 Å². The highest BCUT2D eigenvalue weighted by Crippen LogP contribution is 2.29. The first-order chi connectivity index (χ1) is 5.18. The number of nitrogens with zero attached hydrogens (tertiary/aromatic N) is 1. The summed E-state index contributed by atoms with van der Waals surface area (Å²) in [6, 6.07) is 0. The minimum Gasteiger partial charge on any atom is -0.328 e. The zero-order valence-electron chi connectivity index (χ0n) is 6.60. The van der Waals surface area contributed by atoms with Crippen molar-refractivity contribution in [1.29, 1.82) is 0 Å². The number of likely N-dealkylation sites (N-methyl/N-ethyl adjacent to an activating group) is 1. The van der Waals surface area contributed by atoms with E-state index in [1.54, 1.807) is 0 Å². The Bertz CT molecular complexity index is 120. The molecule has 1 saturated heterocycles. The van der Waals surface area contributed by atoms with Crippen molar-refractivity contribution in [3.8, 4) is 0 Å². The maximum absolute atomic E-state index is 8.57. The molecule has 0 aromatic carbocycles. The fourth-order valence-corrected chi connectivity index (χ4v) is 1.78. The van der Waals surface area contributed by atoms with Gasteiger partial charge in [-0.15, -0.1) is 0 Å². The van der Waals surface area contributed by atoms with E-state index in [1.165, 1.54) is 0 Å². The summed E-state index contributed by atoms with van der Waals surface area (Å²) in [6.45, 7) is 1.88. The number of hydrogen-bond acceptors (Lipinski definition) is 4. The van der Waals surface area contributed by atoms with Crippen LogP contribution in [0.3, 0.4) is 0 Å². The maximum Gasteiger partial charge on any atom is 0.327 e. The molecule has 0 radical (unpaired) electrons. The highest BCUT2D eigenvalue weighted by molar-refractivity contribution is 7.39. The van der Waals surface area contributed by atoms with E-state index in [0.29, 0.717) is 0 Å². The summed E-state index contributed by atoms with van der Waals surface area (Å²) in [5.74, 6) is 0. The van der Waals surface area contributed by atoms with Gasteiger partial charge in [-0.2, -0.15) is 0 Å². The lowest BCUT2D eigenvalue weighted by Crippen LogP contribution is -2.36. The molecule has 1 heterocycles. The Morgan fingerprint density at radius 1 is 1.55 bits per heavy atom. The molecule has 1 atom stereocenters. The van der Waals surface area contributed by atoms with Gasteiger partial charge in [-0.25, -0.2) is 0 Å². The third kappa shape index (κ3) is 3.45. The number of piperidine rings is 1. The van der Waals surface area contributed by atoms with Gasteiger partial charge in [-0.3, -0.25) is 0 Å². The molecule has 1 aliphatic heterocycles. The lowest BCUT2D eigenvalue weighted by molar-refractivity contribution is 0.0913. The van der Waals surface area contributed by atoms with Gasteiger partial charge in [-0.05, 0) is 26.4 Å². The molecule has 1 fully saturated rings. The van der Waals surface area contributed by atoms with E-state index in [1.807, 2.05) is 7.05 Å². The lowest BCUT2D eigenvalue weighted by atomic mass is 10.1. The molecule has 0 aromatic rings. The molecule has 4 nitrogen and oxygen atoms in total. The standard InChI is InChI=1S/C6H14NO3P/c1-7-4-2-3-6(5-7)10-11(8)9/h6,8-9H,2-5H2,1H3. The number of rotatable bonds is 2.